The molecule has 0 aliphatic heterocycles. The van der Waals surface area contributed by atoms with Gasteiger partial charge in [-0.25, -0.2) is 4.39 Å². The molecule has 15 heavy (non-hydrogen) atoms. The molecule has 1 rings (SSSR count). The second kappa shape index (κ2) is 4.59. The summed E-state index contributed by atoms with van der Waals surface area (Å²) in [5, 5.41) is 8.95. The van der Waals surface area contributed by atoms with Crippen LogP contribution in [0.2, 0.25) is 5.02 Å². The number of likely N-dealkylation sites (N-methyl/N-ethyl adjacent to an activating group) is 1. The molecule has 0 heterocycles. The number of halogens is 2. The van der Waals surface area contributed by atoms with Crippen molar-refractivity contribution in [2.24, 2.45) is 0 Å². The SMILES string of the molecule is CN(C)C(C(=O)O)c1ccc(Cl)c(F)c1. The Bertz CT molecular complexity index is 382. The summed E-state index contributed by atoms with van der Waals surface area (Å²) in [6.45, 7) is 0. The van der Waals surface area contributed by atoms with Crippen molar-refractivity contribution in [2.75, 3.05) is 14.1 Å². The standard InChI is InChI=1S/C10H11ClFNO2/c1-13(2)9(10(14)15)6-3-4-7(11)8(12)5-6/h3-5,9H,1-2H3,(H,14,15). The van der Waals surface area contributed by atoms with Crippen LogP contribution in [-0.2, 0) is 4.79 Å². The van der Waals surface area contributed by atoms with E-state index in [9.17, 15) is 9.18 Å². The fraction of sp³-hybridized carbons (Fsp3) is 0.300. The summed E-state index contributed by atoms with van der Waals surface area (Å²) < 4.78 is 13.1. The molecule has 0 bridgehead atoms. The van der Waals surface area contributed by atoms with Gasteiger partial charge in [-0.05, 0) is 31.8 Å². The third kappa shape index (κ3) is 2.67. The Hall–Kier alpha value is -1.13. The summed E-state index contributed by atoms with van der Waals surface area (Å²) >= 11 is 5.51. The van der Waals surface area contributed by atoms with Crippen LogP contribution in [-0.4, -0.2) is 30.1 Å². The Morgan fingerprint density at radius 3 is 2.53 bits per heavy atom. The highest BCUT2D eigenvalue weighted by atomic mass is 35.5. The highest BCUT2D eigenvalue weighted by molar-refractivity contribution is 6.30. The molecule has 0 amide bonds. The zero-order valence-corrected chi connectivity index (χ0v) is 9.12. The highest BCUT2D eigenvalue weighted by Gasteiger charge is 2.22. The number of aliphatic carboxylic acids is 1. The number of carbonyl (C=O) groups is 1. The van der Waals surface area contributed by atoms with E-state index in [0.29, 0.717) is 5.56 Å². The van der Waals surface area contributed by atoms with Gasteiger partial charge in [-0.3, -0.25) is 9.69 Å². The molecular weight excluding hydrogens is 221 g/mol. The zero-order valence-electron chi connectivity index (χ0n) is 8.37. The van der Waals surface area contributed by atoms with E-state index in [1.54, 1.807) is 14.1 Å². The molecule has 0 saturated carbocycles. The van der Waals surface area contributed by atoms with Crippen LogP contribution in [0.5, 0.6) is 0 Å². The lowest BCUT2D eigenvalue weighted by Gasteiger charge is -2.20. The van der Waals surface area contributed by atoms with E-state index in [4.69, 9.17) is 16.7 Å². The maximum atomic E-state index is 13.1. The van der Waals surface area contributed by atoms with Gasteiger partial charge in [0.25, 0.3) is 0 Å². The van der Waals surface area contributed by atoms with Gasteiger partial charge in [0.1, 0.15) is 11.9 Å². The van der Waals surface area contributed by atoms with Crippen molar-refractivity contribution in [1.29, 1.82) is 0 Å². The van der Waals surface area contributed by atoms with Crippen LogP contribution < -0.4 is 0 Å². The van der Waals surface area contributed by atoms with Crippen LogP contribution in [0.1, 0.15) is 11.6 Å². The van der Waals surface area contributed by atoms with Gasteiger partial charge in [0.05, 0.1) is 5.02 Å². The van der Waals surface area contributed by atoms with Crippen molar-refractivity contribution in [3.63, 3.8) is 0 Å². The molecule has 0 fully saturated rings. The van der Waals surface area contributed by atoms with E-state index in [1.807, 2.05) is 0 Å². The number of hydrogen-bond donors (Lipinski definition) is 1. The molecule has 1 unspecified atom stereocenters. The molecule has 0 aromatic heterocycles. The summed E-state index contributed by atoms with van der Waals surface area (Å²) in [5.74, 6) is -1.64. The number of nitrogens with zero attached hydrogens (tertiary/aromatic N) is 1. The Morgan fingerprint density at radius 1 is 1.53 bits per heavy atom. The predicted octanol–water partition coefficient (Wildman–Crippen LogP) is 2.17. The van der Waals surface area contributed by atoms with Crippen molar-refractivity contribution in [3.8, 4) is 0 Å². The topological polar surface area (TPSA) is 40.5 Å². The summed E-state index contributed by atoms with van der Waals surface area (Å²) in [4.78, 5) is 12.4. The third-order valence-corrected chi connectivity index (χ3v) is 2.32. The average Bonchev–Trinajstić information content (AvgIpc) is 2.10. The fourth-order valence-corrected chi connectivity index (χ4v) is 1.46. The molecule has 82 valence electrons. The second-order valence-corrected chi connectivity index (χ2v) is 3.79. The molecule has 1 aromatic carbocycles. The quantitative estimate of drug-likeness (QED) is 0.867. The maximum absolute atomic E-state index is 13.1. The van der Waals surface area contributed by atoms with Gasteiger partial charge in [0.2, 0.25) is 0 Å². The average molecular weight is 232 g/mol. The summed E-state index contributed by atoms with van der Waals surface area (Å²) in [7, 11) is 3.23. The van der Waals surface area contributed by atoms with E-state index in [0.717, 1.165) is 6.07 Å². The highest BCUT2D eigenvalue weighted by Crippen LogP contribution is 2.23. The molecule has 5 heteroatoms. The first-order valence-corrected chi connectivity index (χ1v) is 4.65. The van der Waals surface area contributed by atoms with E-state index < -0.39 is 17.8 Å². The largest absolute Gasteiger partial charge is 0.480 e. The molecule has 3 nitrogen and oxygen atoms in total. The number of benzene rings is 1. The Labute approximate surface area is 92.1 Å². The lowest BCUT2D eigenvalue weighted by molar-refractivity contribution is -0.142. The minimum absolute atomic E-state index is 0.0124. The predicted molar refractivity (Wildman–Crippen MR) is 55.5 cm³/mol. The van der Waals surface area contributed by atoms with E-state index in [2.05, 4.69) is 0 Å². The van der Waals surface area contributed by atoms with Crippen LogP contribution in [0.25, 0.3) is 0 Å². The first-order valence-electron chi connectivity index (χ1n) is 4.27. The minimum atomic E-state index is -1.03. The number of rotatable bonds is 3. The molecule has 1 N–H and O–H groups in total. The van der Waals surface area contributed by atoms with E-state index in [1.165, 1.54) is 17.0 Å². The summed E-state index contributed by atoms with van der Waals surface area (Å²) in [6, 6.07) is 3.13. The molecule has 0 spiro atoms. The molecule has 1 aromatic rings. The van der Waals surface area contributed by atoms with Crippen LogP contribution in [0.4, 0.5) is 4.39 Å². The molecule has 0 aliphatic carbocycles. The van der Waals surface area contributed by atoms with Crippen molar-refractivity contribution in [1.82, 2.24) is 4.90 Å². The fourth-order valence-electron chi connectivity index (χ4n) is 1.34. The van der Waals surface area contributed by atoms with Crippen LogP contribution in [0, 0.1) is 5.82 Å². The Balaban J connectivity index is 3.12. The zero-order chi connectivity index (χ0) is 11.6. The van der Waals surface area contributed by atoms with Gasteiger partial charge in [-0.2, -0.15) is 0 Å². The van der Waals surface area contributed by atoms with Crippen molar-refractivity contribution in [2.45, 2.75) is 6.04 Å². The summed E-state index contributed by atoms with van der Waals surface area (Å²) in [5.41, 5.74) is 0.370. The first-order chi connectivity index (χ1) is 6.93. The first kappa shape index (κ1) is 11.9. The van der Waals surface area contributed by atoms with Gasteiger partial charge in [-0.1, -0.05) is 17.7 Å². The van der Waals surface area contributed by atoms with Gasteiger partial charge in [0.15, 0.2) is 0 Å². The number of carboxylic acid groups (broad SMARTS) is 1. The number of carboxylic acids is 1. The smallest absolute Gasteiger partial charge is 0.325 e. The number of hydrogen-bond acceptors (Lipinski definition) is 2. The van der Waals surface area contributed by atoms with Gasteiger partial charge in [0, 0.05) is 0 Å². The van der Waals surface area contributed by atoms with Crippen LogP contribution in [0.3, 0.4) is 0 Å². The van der Waals surface area contributed by atoms with Crippen LogP contribution >= 0.6 is 11.6 Å². The van der Waals surface area contributed by atoms with Gasteiger partial charge >= 0.3 is 5.97 Å². The van der Waals surface area contributed by atoms with Crippen molar-refractivity contribution >= 4 is 17.6 Å². The molecule has 0 saturated heterocycles. The van der Waals surface area contributed by atoms with E-state index in [-0.39, 0.29) is 5.02 Å². The minimum Gasteiger partial charge on any atom is -0.480 e. The Morgan fingerprint density at radius 2 is 2.13 bits per heavy atom. The van der Waals surface area contributed by atoms with E-state index >= 15 is 0 Å². The van der Waals surface area contributed by atoms with Gasteiger partial charge < -0.3 is 5.11 Å². The lowest BCUT2D eigenvalue weighted by Crippen LogP contribution is -2.27. The molecule has 0 aliphatic rings. The second-order valence-electron chi connectivity index (χ2n) is 3.38. The lowest BCUT2D eigenvalue weighted by atomic mass is 10.1. The van der Waals surface area contributed by atoms with Crippen molar-refractivity contribution in [3.05, 3.63) is 34.6 Å². The molecule has 0 radical (unpaired) electrons. The monoisotopic (exact) mass is 231 g/mol. The molecule has 1 atom stereocenters. The Kier molecular flexibility index (Phi) is 3.66. The summed E-state index contributed by atoms with van der Waals surface area (Å²) in [6.07, 6.45) is 0. The maximum Gasteiger partial charge on any atom is 0.325 e. The third-order valence-electron chi connectivity index (χ3n) is 2.01. The normalized spacial score (nSPS) is 12.9. The van der Waals surface area contributed by atoms with Crippen molar-refractivity contribution < 1.29 is 14.3 Å². The van der Waals surface area contributed by atoms with Crippen LogP contribution in [0.15, 0.2) is 18.2 Å². The van der Waals surface area contributed by atoms with Gasteiger partial charge in [-0.15, -0.1) is 0 Å². The molecular formula is C10H11ClFNO2.